The van der Waals surface area contributed by atoms with Crippen LogP contribution in [0, 0.1) is 6.92 Å². The average Bonchev–Trinajstić information content (AvgIpc) is 3.37. The molecule has 2 aliphatic rings. The molecule has 1 N–H and O–H groups in total. The van der Waals surface area contributed by atoms with E-state index in [1.807, 2.05) is 23.8 Å². The third-order valence-corrected chi connectivity index (χ3v) is 8.93. The summed E-state index contributed by atoms with van der Waals surface area (Å²) >= 11 is 1.49. The topological polar surface area (TPSA) is 99.3 Å². The Labute approximate surface area is 210 Å². The first-order valence-corrected chi connectivity index (χ1v) is 13.9. The molecule has 11 heteroatoms. The van der Waals surface area contributed by atoms with Crippen molar-refractivity contribution < 1.29 is 22.7 Å². The van der Waals surface area contributed by atoms with E-state index in [0.717, 1.165) is 11.1 Å². The van der Waals surface area contributed by atoms with Gasteiger partial charge in [0, 0.05) is 45.5 Å². The Hall–Kier alpha value is -2.73. The zero-order valence-electron chi connectivity index (χ0n) is 20.1. The summed E-state index contributed by atoms with van der Waals surface area (Å²) in [6, 6.07) is 7.83. The second-order valence-corrected chi connectivity index (χ2v) is 11.3. The fourth-order valence-corrected chi connectivity index (χ4v) is 6.39. The molecule has 2 amide bonds. The highest BCUT2D eigenvalue weighted by Gasteiger charge is 2.38. The molecule has 2 aliphatic heterocycles. The van der Waals surface area contributed by atoms with Crippen LogP contribution in [0.3, 0.4) is 0 Å². The molecule has 0 bridgehead atoms. The standard InChI is InChI=1S/C24H30N4O5S2/c1-4-33-23(29)21-20(26(3)24(30)25-22(21)18-9-14-34-16-18)15-27-10-12-28(13-11-27)35(31,32)19-7-5-17(2)6-8-19/h5-9,14,16,22H,4,10-13,15H2,1-3H3,(H,25,30)/t22-/m1/s1. The number of benzene rings is 1. The zero-order chi connectivity index (χ0) is 25.2. The molecular formula is C24H30N4O5S2. The Bertz CT molecular complexity index is 1200. The lowest BCUT2D eigenvalue weighted by Gasteiger charge is -2.39. The van der Waals surface area contributed by atoms with Gasteiger partial charge >= 0.3 is 12.0 Å². The minimum atomic E-state index is -3.58. The van der Waals surface area contributed by atoms with Crippen LogP contribution in [-0.2, 0) is 19.6 Å². The molecule has 1 fully saturated rings. The van der Waals surface area contributed by atoms with Crippen molar-refractivity contribution in [1.82, 2.24) is 19.4 Å². The number of aryl methyl sites for hydroxylation is 1. The number of likely N-dealkylation sites (N-methyl/N-ethyl adjacent to an activating group) is 1. The first kappa shape index (κ1) is 25.4. The Kier molecular flexibility index (Phi) is 7.60. The third-order valence-electron chi connectivity index (χ3n) is 6.31. The van der Waals surface area contributed by atoms with Gasteiger partial charge in [0.2, 0.25) is 10.0 Å². The van der Waals surface area contributed by atoms with Gasteiger partial charge in [-0.25, -0.2) is 18.0 Å². The van der Waals surface area contributed by atoms with Crippen molar-refractivity contribution in [2.45, 2.75) is 24.8 Å². The second kappa shape index (κ2) is 10.5. The summed E-state index contributed by atoms with van der Waals surface area (Å²) < 4.78 is 32.9. The highest BCUT2D eigenvalue weighted by atomic mass is 32.2. The molecule has 0 saturated carbocycles. The summed E-state index contributed by atoms with van der Waals surface area (Å²) in [5.41, 5.74) is 2.80. The number of sulfonamides is 1. The lowest BCUT2D eigenvalue weighted by Crippen LogP contribution is -2.52. The first-order valence-electron chi connectivity index (χ1n) is 11.5. The Morgan fingerprint density at radius 1 is 1.14 bits per heavy atom. The van der Waals surface area contributed by atoms with E-state index >= 15 is 0 Å². The number of thiophene rings is 1. The number of rotatable bonds is 7. The van der Waals surface area contributed by atoms with E-state index in [0.29, 0.717) is 44.0 Å². The van der Waals surface area contributed by atoms with Gasteiger partial charge in [0.25, 0.3) is 0 Å². The van der Waals surface area contributed by atoms with E-state index in [9.17, 15) is 18.0 Å². The zero-order valence-corrected chi connectivity index (χ0v) is 21.7. The van der Waals surface area contributed by atoms with Gasteiger partial charge in [0.1, 0.15) is 0 Å². The fourth-order valence-electron chi connectivity index (χ4n) is 4.29. The van der Waals surface area contributed by atoms with Crippen molar-refractivity contribution in [3.63, 3.8) is 0 Å². The van der Waals surface area contributed by atoms with Gasteiger partial charge in [0.15, 0.2) is 0 Å². The third kappa shape index (κ3) is 5.27. The number of hydrogen-bond donors (Lipinski definition) is 1. The van der Waals surface area contributed by atoms with Crippen LogP contribution in [-0.4, -0.2) is 80.9 Å². The summed E-state index contributed by atoms with van der Waals surface area (Å²) in [6.07, 6.45) is 0. The maximum absolute atomic E-state index is 13.1. The molecule has 1 atom stereocenters. The van der Waals surface area contributed by atoms with Crippen molar-refractivity contribution in [3.05, 3.63) is 63.5 Å². The number of carbonyl (C=O) groups excluding carboxylic acids is 2. The van der Waals surface area contributed by atoms with Crippen LogP contribution in [0.1, 0.15) is 24.1 Å². The maximum atomic E-state index is 13.1. The van der Waals surface area contributed by atoms with Gasteiger partial charge in [-0.2, -0.15) is 15.6 Å². The first-order chi connectivity index (χ1) is 16.7. The van der Waals surface area contributed by atoms with Crippen molar-refractivity contribution in [2.24, 2.45) is 0 Å². The predicted molar refractivity (Wildman–Crippen MR) is 133 cm³/mol. The van der Waals surface area contributed by atoms with Gasteiger partial charge in [-0.3, -0.25) is 9.80 Å². The molecule has 0 spiro atoms. The molecule has 1 saturated heterocycles. The molecule has 1 aromatic heterocycles. The Morgan fingerprint density at radius 2 is 1.83 bits per heavy atom. The number of nitrogens with one attached hydrogen (secondary N) is 1. The van der Waals surface area contributed by atoms with Gasteiger partial charge < -0.3 is 10.1 Å². The normalized spacial score (nSPS) is 20.1. The average molecular weight is 519 g/mol. The lowest BCUT2D eigenvalue weighted by molar-refractivity contribution is -0.139. The second-order valence-electron chi connectivity index (χ2n) is 8.57. The number of hydrogen-bond acceptors (Lipinski definition) is 7. The number of urea groups is 1. The van der Waals surface area contributed by atoms with E-state index in [2.05, 4.69) is 10.2 Å². The van der Waals surface area contributed by atoms with Crippen LogP contribution in [0.4, 0.5) is 4.79 Å². The molecule has 0 unspecified atom stereocenters. The molecular weight excluding hydrogens is 488 g/mol. The van der Waals surface area contributed by atoms with Gasteiger partial charge in [0.05, 0.1) is 23.1 Å². The summed E-state index contributed by atoms with van der Waals surface area (Å²) in [5, 5.41) is 6.71. The lowest BCUT2D eigenvalue weighted by atomic mass is 9.96. The molecule has 0 aliphatic carbocycles. The largest absolute Gasteiger partial charge is 0.463 e. The Balaban J connectivity index is 1.55. The number of esters is 1. The molecule has 188 valence electrons. The summed E-state index contributed by atoms with van der Waals surface area (Å²) in [6.45, 7) is 5.81. The molecule has 2 aromatic rings. The number of piperazine rings is 1. The number of carbonyl (C=O) groups is 2. The van der Waals surface area contributed by atoms with E-state index < -0.39 is 22.0 Å². The van der Waals surface area contributed by atoms with Crippen molar-refractivity contribution >= 4 is 33.4 Å². The van der Waals surface area contributed by atoms with E-state index in [4.69, 9.17) is 4.74 Å². The van der Waals surface area contributed by atoms with Crippen LogP contribution in [0.15, 0.2) is 57.3 Å². The Morgan fingerprint density at radius 3 is 2.43 bits per heavy atom. The van der Waals surface area contributed by atoms with E-state index in [-0.39, 0.29) is 17.5 Å². The molecule has 3 heterocycles. The summed E-state index contributed by atoms with van der Waals surface area (Å²) in [7, 11) is -1.95. The molecule has 0 radical (unpaired) electrons. The minimum absolute atomic E-state index is 0.221. The smallest absolute Gasteiger partial charge is 0.338 e. The highest BCUT2D eigenvalue weighted by molar-refractivity contribution is 7.89. The fraction of sp³-hybridized carbons (Fsp3) is 0.417. The van der Waals surface area contributed by atoms with Crippen LogP contribution < -0.4 is 5.32 Å². The SMILES string of the molecule is CCOC(=O)C1=C(CN2CCN(S(=O)(=O)c3ccc(C)cc3)CC2)N(C)C(=O)N[C@@H]1c1ccsc1. The molecule has 9 nitrogen and oxygen atoms in total. The minimum Gasteiger partial charge on any atom is -0.463 e. The van der Waals surface area contributed by atoms with Crippen LogP contribution in [0.5, 0.6) is 0 Å². The van der Waals surface area contributed by atoms with E-state index in [1.54, 1.807) is 38.2 Å². The quantitative estimate of drug-likeness (QED) is 0.566. The van der Waals surface area contributed by atoms with Crippen LogP contribution >= 0.6 is 11.3 Å². The molecule has 4 rings (SSSR count). The highest BCUT2D eigenvalue weighted by Crippen LogP contribution is 2.32. The summed E-state index contributed by atoms with van der Waals surface area (Å²) in [5.74, 6) is -0.467. The van der Waals surface area contributed by atoms with Crippen molar-refractivity contribution in [2.75, 3.05) is 46.4 Å². The van der Waals surface area contributed by atoms with Gasteiger partial charge in [-0.15, -0.1) is 0 Å². The number of ether oxygens (including phenoxy) is 1. The van der Waals surface area contributed by atoms with Crippen molar-refractivity contribution in [3.8, 4) is 0 Å². The number of amides is 2. The van der Waals surface area contributed by atoms with Gasteiger partial charge in [-0.05, 0) is 48.4 Å². The molecule has 35 heavy (non-hydrogen) atoms. The van der Waals surface area contributed by atoms with Crippen LogP contribution in [0.2, 0.25) is 0 Å². The van der Waals surface area contributed by atoms with Crippen LogP contribution in [0.25, 0.3) is 0 Å². The van der Waals surface area contributed by atoms with E-state index in [1.165, 1.54) is 20.5 Å². The maximum Gasteiger partial charge on any atom is 0.338 e. The van der Waals surface area contributed by atoms with Crippen molar-refractivity contribution in [1.29, 1.82) is 0 Å². The van der Waals surface area contributed by atoms with Gasteiger partial charge in [-0.1, -0.05) is 17.7 Å². The monoisotopic (exact) mass is 518 g/mol. The summed E-state index contributed by atoms with van der Waals surface area (Å²) in [4.78, 5) is 29.6. The number of nitrogens with zero attached hydrogens (tertiary/aromatic N) is 3. The predicted octanol–water partition coefficient (Wildman–Crippen LogP) is 2.58. The molecule has 1 aromatic carbocycles.